The van der Waals surface area contributed by atoms with Crippen molar-refractivity contribution in [3.05, 3.63) is 20.8 Å². The third kappa shape index (κ3) is 2.77. The van der Waals surface area contributed by atoms with Gasteiger partial charge in [-0.2, -0.15) is 0 Å². The largest absolute Gasteiger partial charge is 0.312 e. The fourth-order valence-corrected chi connectivity index (χ4v) is 2.21. The third-order valence-corrected chi connectivity index (χ3v) is 3.19. The van der Waals surface area contributed by atoms with E-state index in [1.54, 1.807) is 11.3 Å². The lowest BCUT2D eigenvalue weighted by Crippen LogP contribution is -2.12. The van der Waals surface area contributed by atoms with Crippen LogP contribution in [0.3, 0.4) is 0 Å². The van der Waals surface area contributed by atoms with Gasteiger partial charge in [0.25, 0.3) is 0 Å². The molecule has 3 heteroatoms. The minimum absolute atomic E-state index is 0.920. The lowest BCUT2D eigenvalue weighted by molar-refractivity contribution is 0.681. The summed E-state index contributed by atoms with van der Waals surface area (Å²) in [7, 11) is 0. The van der Waals surface area contributed by atoms with Crippen molar-refractivity contribution < 1.29 is 0 Å². The topological polar surface area (TPSA) is 12.0 Å². The van der Waals surface area contributed by atoms with Crippen LogP contribution in [0.25, 0.3) is 0 Å². The average molecular weight is 204 g/mol. The van der Waals surface area contributed by atoms with Crippen molar-refractivity contribution in [3.63, 3.8) is 0 Å². The van der Waals surface area contributed by atoms with Crippen molar-refractivity contribution in [3.8, 4) is 0 Å². The zero-order chi connectivity index (χ0) is 8.97. The molecule has 0 aliphatic carbocycles. The van der Waals surface area contributed by atoms with Gasteiger partial charge in [0, 0.05) is 11.4 Å². The van der Waals surface area contributed by atoms with Crippen molar-refractivity contribution in [2.45, 2.75) is 26.8 Å². The smallest absolute Gasteiger partial charge is 0.0960 e. The van der Waals surface area contributed by atoms with Gasteiger partial charge in [-0.15, -0.1) is 11.3 Å². The molecule has 1 aromatic heterocycles. The van der Waals surface area contributed by atoms with Gasteiger partial charge in [0.1, 0.15) is 0 Å². The van der Waals surface area contributed by atoms with Crippen molar-refractivity contribution in [2.24, 2.45) is 0 Å². The van der Waals surface area contributed by atoms with Crippen LogP contribution in [0.4, 0.5) is 0 Å². The van der Waals surface area contributed by atoms with Crippen molar-refractivity contribution in [1.82, 2.24) is 5.32 Å². The van der Waals surface area contributed by atoms with E-state index in [1.807, 2.05) is 6.92 Å². The van der Waals surface area contributed by atoms with E-state index in [4.69, 9.17) is 11.6 Å². The summed E-state index contributed by atoms with van der Waals surface area (Å²) in [5.74, 6) is 0. The summed E-state index contributed by atoms with van der Waals surface area (Å²) < 4.78 is 0.920. The van der Waals surface area contributed by atoms with E-state index >= 15 is 0 Å². The molecule has 0 aromatic carbocycles. The molecular formula is C9H14ClNS. The standard InChI is InChI=1S/C9H14ClNS/c1-3-4-11-6-8-5-7(2)9(10)12-8/h5,11H,3-4,6H2,1-2H3. The first-order chi connectivity index (χ1) is 5.74. The second-order valence-electron chi connectivity index (χ2n) is 2.85. The Kier molecular flexibility index (Phi) is 4.06. The second kappa shape index (κ2) is 4.85. The Labute approximate surface area is 82.7 Å². The summed E-state index contributed by atoms with van der Waals surface area (Å²) in [5.41, 5.74) is 1.19. The fourth-order valence-electron chi connectivity index (χ4n) is 0.999. The highest BCUT2D eigenvalue weighted by Crippen LogP contribution is 2.26. The first-order valence-corrected chi connectivity index (χ1v) is 5.39. The molecule has 0 bridgehead atoms. The van der Waals surface area contributed by atoms with Gasteiger partial charge < -0.3 is 5.32 Å². The van der Waals surface area contributed by atoms with Gasteiger partial charge in [-0.3, -0.25) is 0 Å². The summed E-state index contributed by atoms with van der Waals surface area (Å²) >= 11 is 7.60. The Morgan fingerprint density at radius 2 is 2.33 bits per heavy atom. The minimum atomic E-state index is 0.920. The monoisotopic (exact) mass is 203 g/mol. The molecule has 0 unspecified atom stereocenters. The molecule has 1 aromatic rings. The summed E-state index contributed by atoms with van der Waals surface area (Å²) in [5, 5.41) is 3.34. The summed E-state index contributed by atoms with van der Waals surface area (Å²) in [4.78, 5) is 1.32. The first-order valence-electron chi connectivity index (χ1n) is 4.19. The van der Waals surface area contributed by atoms with Gasteiger partial charge in [0.2, 0.25) is 0 Å². The summed E-state index contributed by atoms with van der Waals surface area (Å²) in [6.45, 7) is 6.24. The number of aryl methyl sites for hydroxylation is 1. The Morgan fingerprint density at radius 3 is 2.83 bits per heavy atom. The molecule has 0 amide bonds. The van der Waals surface area contributed by atoms with Crippen LogP contribution in [0.1, 0.15) is 23.8 Å². The van der Waals surface area contributed by atoms with Gasteiger partial charge in [-0.1, -0.05) is 18.5 Å². The highest BCUT2D eigenvalue weighted by molar-refractivity contribution is 7.16. The van der Waals surface area contributed by atoms with Crippen molar-refractivity contribution >= 4 is 22.9 Å². The van der Waals surface area contributed by atoms with E-state index in [0.717, 1.165) is 17.4 Å². The van der Waals surface area contributed by atoms with Gasteiger partial charge in [0.15, 0.2) is 0 Å². The Morgan fingerprint density at radius 1 is 1.58 bits per heavy atom. The normalized spacial score (nSPS) is 10.6. The minimum Gasteiger partial charge on any atom is -0.312 e. The SMILES string of the molecule is CCCNCc1cc(C)c(Cl)s1. The summed E-state index contributed by atoms with van der Waals surface area (Å²) in [6, 6.07) is 2.15. The molecule has 1 heterocycles. The van der Waals surface area contributed by atoms with Gasteiger partial charge in [-0.25, -0.2) is 0 Å². The van der Waals surface area contributed by atoms with Gasteiger partial charge in [-0.05, 0) is 31.5 Å². The zero-order valence-corrected chi connectivity index (χ0v) is 9.06. The molecule has 1 N–H and O–H groups in total. The molecule has 0 saturated heterocycles. The molecule has 0 fully saturated rings. The van der Waals surface area contributed by atoms with E-state index in [9.17, 15) is 0 Å². The van der Waals surface area contributed by atoms with Crippen molar-refractivity contribution in [2.75, 3.05) is 6.54 Å². The predicted octanol–water partition coefficient (Wildman–Crippen LogP) is 3.21. The Balaban J connectivity index is 2.42. The number of hydrogen-bond donors (Lipinski definition) is 1. The van der Waals surface area contributed by atoms with Gasteiger partial charge in [0.05, 0.1) is 4.34 Å². The lowest BCUT2D eigenvalue weighted by Gasteiger charge is -1.98. The third-order valence-electron chi connectivity index (χ3n) is 1.63. The van der Waals surface area contributed by atoms with Crippen molar-refractivity contribution in [1.29, 1.82) is 0 Å². The highest BCUT2D eigenvalue weighted by Gasteiger charge is 2.01. The first kappa shape index (κ1) is 10.0. The molecular weight excluding hydrogens is 190 g/mol. The summed E-state index contributed by atoms with van der Waals surface area (Å²) in [6.07, 6.45) is 1.18. The van der Waals surface area contributed by atoms with Crippen LogP contribution in [-0.4, -0.2) is 6.54 Å². The number of hydrogen-bond acceptors (Lipinski definition) is 2. The maximum atomic E-state index is 5.93. The number of nitrogens with one attached hydrogen (secondary N) is 1. The molecule has 1 nitrogen and oxygen atoms in total. The molecule has 0 saturated carbocycles. The van der Waals surface area contributed by atoms with Crippen LogP contribution in [0, 0.1) is 6.92 Å². The quantitative estimate of drug-likeness (QED) is 0.742. The van der Waals surface area contributed by atoms with Crippen LogP contribution in [0.5, 0.6) is 0 Å². The fraction of sp³-hybridized carbons (Fsp3) is 0.556. The van der Waals surface area contributed by atoms with E-state index in [0.29, 0.717) is 0 Å². The molecule has 0 spiro atoms. The van der Waals surface area contributed by atoms with Crippen LogP contribution in [0.15, 0.2) is 6.07 Å². The van der Waals surface area contributed by atoms with Crippen LogP contribution in [-0.2, 0) is 6.54 Å². The molecule has 1 rings (SSSR count). The van der Waals surface area contributed by atoms with E-state index in [2.05, 4.69) is 18.3 Å². The number of thiophene rings is 1. The molecule has 68 valence electrons. The van der Waals surface area contributed by atoms with E-state index < -0.39 is 0 Å². The second-order valence-corrected chi connectivity index (χ2v) is 4.59. The molecule has 0 atom stereocenters. The maximum Gasteiger partial charge on any atom is 0.0960 e. The van der Waals surface area contributed by atoms with Gasteiger partial charge >= 0.3 is 0 Å². The lowest BCUT2D eigenvalue weighted by atomic mass is 10.3. The maximum absolute atomic E-state index is 5.93. The Bertz CT molecular complexity index is 225. The highest BCUT2D eigenvalue weighted by atomic mass is 35.5. The number of rotatable bonds is 4. The van der Waals surface area contributed by atoms with Crippen LogP contribution in [0.2, 0.25) is 4.34 Å². The number of halogens is 1. The van der Waals surface area contributed by atoms with E-state index in [1.165, 1.54) is 16.9 Å². The zero-order valence-electron chi connectivity index (χ0n) is 7.48. The molecule has 12 heavy (non-hydrogen) atoms. The van der Waals surface area contributed by atoms with Crippen LogP contribution >= 0.6 is 22.9 Å². The molecule has 0 aliphatic rings. The van der Waals surface area contributed by atoms with Crippen LogP contribution < -0.4 is 5.32 Å². The molecule has 0 aliphatic heterocycles. The average Bonchev–Trinajstić information content (AvgIpc) is 2.32. The van der Waals surface area contributed by atoms with E-state index in [-0.39, 0.29) is 0 Å². The predicted molar refractivity (Wildman–Crippen MR) is 56.1 cm³/mol. The Hall–Kier alpha value is -0.0500. The molecule has 0 radical (unpaired) electrons.